The van der Waals surface area contributed by atoms with E-state index in [1.54, 1.807) is 0 Å². The standard InChI is InChI=1S/C18H16F3N5O4S/c1-17(2)13(27)26(11-3-5-12(6-4-11)31-18(19,20)21)16(29)25(17)9-10-7-8-23-15(24-10)30-14(22)28/h3-8H,9H2,1-2H3,(H2,22,28). The minimum absolute atomic E-state index is 0.0746. The summed E-state index contributed by atoms with van der Waals surface area (Å²) in [4.78, 5) is 46.6. The second kappa shape index (κ2) is 8.06. The first-order chi connectivity index (χ1) is 14.4. The maximum Gasteiger partial charge on any atom is 0.446 e. The van der Waals surface area contributed by atoms with Gasteiger partial charge in [0.25, 0.3) is 5.91 Å². The molecule has 3 rings (SSSR count). The van der Waals surface area contributed by atoms with Gasteiger partial charge in [0.05, 0.1) is 17.9 Å². The number of hydrogen-bond acceptors (Lipinski definition) is 7. The second-order valence-corrected chi connectivity index (χ2v) is 8.00. The normalized spacial score (nSPS) is 16.0. The van der Waals surface area contributed by atoms with Crippen molar-refractivity contribution in [3.05, 3.63) is 42.2 Å². The van der Waals surface area contributed by atoms with E-state index < -0.39 is 29.1 Å². The highest BCUT2D eigenvalue weighted by Gasteiger charge is 2.52. The molecule has 9 nitrogen and oxygen atoms in total. The van der Waals surface area contributed by atoms with Crippen molar-refractivity contribution in [2.75, 3.05) is 4.90 Å². The molecule has 0 unspecified atom stereocenters. The Labute approximate surface area is 178 Å². The van der Waals surface area contributed by atoms with E-state index in [0.29, 0.717) is 0 Å². The number of ether oxygens (including phenoxy) is 1. The molecule has 0 radical (unpaired) electrons. The first-order valence-electron chi connectivity index (χ1n) is 8.69. The Morgan fingerprint density at radius 1 is 1.19 bits per heavy atom. The summed E-state index contributed by atoms with van der Waals surface area (Å²) in [6, 6.07) is 5.38. The topological polar surface area (TPSA) is 119 Å². The number of amides is 4. The molecule has 2 heterocycles. The second-order valence-electron chi connectivity index (χ2n) is 6.86. The van der Waals surface area contributed by atoms with Gasteiger partial charge in [-0.1, -0.05) is 0 Å². The van der Waals surface area contributed by atoms with Crippen LogP contribution in [0, 0.1) is 0 Å². The molecular weight excluding hydrogens is 439 g/mol. The minimum Gasteiger partial charge on any atom is -0.374 e. The van der Waals surface area contributed by atoms with Gasteiger partial charge in [-0.05, 0) is 55.9 Å². The van der Waals surface area contributed by atoms with Crippen LogP contribution < -0.4 is 15.4 Å². The van der Waals surface area contributed by atoms with Crippen molar-refractivity contribution in [3.63, 3.8) is 0 Å². The largest absolute Gasteiger partial charge is 0.446 e. The molecule has 1 aliphatic rings. The highest BCUT2D eigenvalue weighted by molar-refractivity contribution is 8.00. The highest BCUT2D eigenvalue weighted by Crippen LogP contribution is 2.38. The zero-order valence-electron chi connectivity index (χ0n) is 16.2. The number of nitrogens with zero attached hydrogens (tertiary/aromatic N) is 4. The van der Waals surface area contributed by atoms with E-state index in [9.17, 15) is 27.6 Å². The third-order valence-corrected chi connectivity index (χ3v) is 5.09. The Morgan fingerprint density at radius 2 is 1.84 bits per heavy atom. The van der Waals surface area contributed by atoms with Crippen LogP contribution in [0.15, 0.2) is 41.4 Å². The van der Waals surface area contributed by atoms with E-state index in [2.05, 4.69) is 14.7 Å². The molecule has 1 saturated heterocycles. The number of aromatic nitrogens is 2. The average Bonchev–Trinajstić information content (AvgIpc) is 2.81. The van der Waals surface area contributed by atoms with Crippen molar-refractivity contribution in [2.24, 2.45) is 5.73 Å². The van der Waals surface area contributed by atoms with Crippen LogP contribution in [0.3, 0.4) is 0 Å². The number of carbonyl (C=O) groups is 3. The number of benzene rings is 1. The van der Waals surface area contributed by atoms with Crippen molar-refractivity contribution in [2.45, 2.75) is 36.3 Å². The number of anilines is 1. The lowest BCUT2D eigenvalue weighted by Crippen LogP contribution is -2.43. The fourth-order valence-corrected chi connectivity index (χ4v) is 3.43. The zero-order chi connectivity index (χ0) is 23.0. The number of nitrogens with two attached hydrogens (primary N) is 1. The summed E-state index contributed by atoms with van der Waals surface area (Å²) in [5, 5.41) is 0. The molecule has 2 aromatic rings. The van der Waals surface area contributed by atoms with Gasteiger partial charge in [0.1, 0.15) is 5.54 Å². The molecule has 1 fully saturated rings. The average molecular weight is 455 g/mol. The Bertz CT molecular complexity index is 1030. The Kier molecular flexibility index (Phi) is 5.81. The lowest BCUT2D eigenvalue weighted by molar-refractivity contribution is -0.123. The van der Waals surface area contributed by atoms with Crippen LogP contribution in [-0.2, 0) is 11.3 Å². The molecule has 2 N–H and O–H groups in total. The van der Waals surface area contributed by atoms with Crippen LogP contribution in [0.5, 0.6) is 6.01 Å². The fourth-order valence-electron chi connectivity index (χ4n) is 2.89. The number of rotatable bonds is 5. The maximum absolute atomic E-state index is 13.0. The van der Waals surface area contributed by atoms with Gasteiger partial charge in [-0.25, -0.2) is 19.5 Å². The van der Waals surface area contributed by atoms with Crippen LogP contribution in [0.2, 0.25) is 0 Å². The maximum atomic E-state index is 13.0. The Morgan fingerprint density at radius 3 is 2.42 bits per heavy atom. The summed E-state index contributed by atoms with van der Waals surface area (Å²) >= 11 is -0.297. The molecular formula is C18H16F3N5O4S. The van der Waals surface area contributed by atoms with E-state index in [1.165, 1.54) is 55.3 Å². The number of hydrogen-bond donors (Lipinski definition) is 1. The van der Waals surface area contributed by atoms with Crippen molar-refractivity contribution in [3.8, 4) is 6.01 Å². The number of carbonyl (C=O) groups excluding carboxylic acids is 3. The highest BCUT2D eigenvalue weighted by atomic mass is 32.2. The number of alkyl halides is 3. The van der Waals surface area contributed by atoms with Gasteiger partial charge < -0.3 is 15.4 Å². The Balaban J connectivity index is 1.84. The first kappa shape index (κ1) is 22.3. The van der Waals surface area contributed by atoms with Crippen molar-refractivity contribution in [1.29, 1.82) is 0 Å². The van der Waals surface area contributed by atoms with Gasteiger partial charge in [0.15, 0.2) is 0 Å². The summed E-state index contributed by atoms with van der Waals surface area (Å²) in [7, 11) is 0. The summed E-state index contributed by atoms with van der Waals surface area (Å²) in [5.41, 5.74) is -0.381. The molecule has 4 amide bonds. The molecule has 1 aromatic carbocycles. The molecule has 164 valence electrons. The molecule has 13 heteroatoms. The van der Waals surface area contributed by atoms with Crippen molar-refractivity contribution >= 4 is 35.5 Å². The smallest absolute Gasteiger partial charge is 0.374 e. The summed E-state index contributed by atoms with van der Waals surface area (Å²) in [6.45, 7) is 2.94. The van der Waals surface area contributed by atoms with E-state index in [1.807, 2.05) is 0 Å². The van der Waals surface area contributed by atoms with E-state index in [-0.39, 0.29) is 40.6 Å². The monoisotopic (exact) mass is 455 g/mol. The third-order valence-electron chi connectivity index (χ3n) is 4.36. The lowest BCUT2D eigenvalue weighted by atomic mass is 10.0. The minimum atomic E-state index is -4.45. The number of thioether (sulfide) groups is 1. The summed E-state index contributed by atoms with van der Waals surface area (Å²) in [5.74, 6) is -0.559. The van der Waals surface area contributed by atoms with Gasteiger partial charge in [0, 0.05) is 11.1 Å². The van der Waals surface area contributed by atoms with Gasteiger partial charge in [-0.2, -0.15) is 18.2 Å². The SMILES string of the molecule is CC1(C)C(=O)N(c2ccc(SC(F)(F)F)cc2)C(=O)N1Cc1ccnc(OC(N)=O)n1. The molecule has 0 saturated carbocycles. The molecule has 31 heavy (non-hydrogen) atoms. The lowest BCUT2D eigenvalue weighted by Gasteiger charge is -2.27. The van der Waals surface area contributed by atoms with Crippen molar-refractivity contribution in [1.82, 2.24) is 14.9 Å². The third kappa shape index (κ3) is 4.87. The van der Waals surface area contributed by atoms with Crippen LogP contribution in [0.1, 0.15) is 19.5 Å². The van der Waals surface area contributed by atoms with Crippen LogP contribution >= 0.6 is 11.8 Å². The molecule has 1 aromatic heterocycles. The van der Waals surface area contributed by atoms with Crippen LogP contribution in [0.4, 0.5) is 28.4 Å². The summed E-state index contributed by atoms with van der Waals surface area (Å²) < 4.78 is 42.2. The summed E-state index contributed by atoms with van der Waals surface area (Å²) in [6.07, 6.45) is 0.188. The van der Waals surface area contributed by atoms with Gasteiger partial charge in [-0.15, -0.1) is 0 Å². The first-order valence-corrected chi connectivity index (χ1v) is 9.51. The predicted molar refractivity (Wildman–Crippen MR) is 103 cm³/mol. The molecule has 0 spiro atoms. The molecule has 0 bridgehead atoms. The number of primary amides is 1. The van der Waals surface area contributed by atoms with Gasteiger partial charge in [-0.3, -0.25) is 4.79 Å². The van der Waals surface area contributed by atoms with E-state index in [0.717, 1.165) is 4.90 Å². The van der Waals surface area contributed by atoms with E-state index >= 15 is 0 Å². The van der Waals surface area contributed by atoms with Crippen LogP contribution in [-0.4, -0.2) is 43.9 Å². The van der Waals surface area contributed by atoms with Gasteiger partial charge >= 0.3 is 23.6 Å². The predicted octanol–water partition coefficient (Wildman–Crippen LogP) is 3.29. The fraction of sp³-hybridized carbons (Fsp3) is 0.278. The van der Waals surface area contributed by atoms with E-state index in [4.69, 9.17) is 5.73 Å². The number of imide groups is 1. The van der Waals surface area contributed by atoms with Gasteiger partial charge in [0.2, 0.25) is 0 Å². The number of halogens is 3. The molecule has 0 atom stereocenters. The molecule has 0 aliphatic carbocycles. The Hall–Kier alpha value is -3.35. The molecule has 1 aliphatic heterocycles. The zero-order valence-corrected chi connectivity index (χ0v) is 17.0. The van der Waals surface area contributed by atoms with Crippen LogP contribution in [0.25, 0.3) is 0 Å². The quantitative estimate of drug-likeness (QED) is 0.543. The van der Waals surface area contributed by atoms with Crippen molar-refractivity contribution < 1.29 is 32.3 Å². The number of urea groups is 1.